The summed E-state index contributed by atoms with van der Waals surface area (Å²) in [5.41, 5.74) is 7.21. The molecule has 4 rings (SSSR count). The second-order valence-electron chi connectivity index (χ2n) is 8.27. The lowest BCUT2D eigenvalue weighted by Crippen LogP contribution is -2.39. The Hall–Kier alpha value is -3.06. The van der Waals surface area contributed by atoms with Crippen molar-refractivity contribution < 1.29 is 4.79 Å². The Morgan fingerprint density at radius 1 is 1.35 bits per heavy atom. The zero-order chi connectivity index (χ0) is 21.8. The zero-order valence-corrected chi connectivity index (χ0v) is 18.6. The smallest absolute Gasteiger partial charge is 0.267 e. The summed E-state index contributed by atoms with van der Waals surface area (Å²) in [5, 5.41) is 7.29. The topological polar surface area (TPSA) is 63.2 Å². The van der Waals surface area contributed by atoms with Gasteiger partial charge in [-0.25, -0.2) is 0 Å². The SMILES string of the molecule is CCNC(=O)/C(=C/C1=CC=CC2NN=C(C)N12)N(C)Cc1cccc(CN2CCC2)c1. The van der Waals surface area contributed by atoms with Gasteiger partial charge in [0.2, 0.25) is 0 Å². The largest absolute Gasteiger partial charge is 0.366 e. The molecule has 7 heteroatoms. The minimum Gasteiger partial charge on any atom is -0.366 e. The Labute approximate surface area is 184 Å². The van der Waals surface area contributed by atoms with Crippen molar-refractivity contribution in [2.45, 2.75) is 39.5 Å². The predicted octanol–water partition coefficient (Wildman–Crippen LogP) is 2.36. The third kappa shape index (κ3) is 4.82. The summed E-state index contributed by atoms with van der Waals surface area (Å²) in [6.45, 7) is 8.52. The van der Waals surface area contributed by atoms with Crippen molar-refractivity contribution in [3.63, 3.8) is 0 Å². The highest BCUT2D eigenvalue weighted by Gasteiger charge is 2.28. The summed E-state index contributed by atoms with van der Waals surface area (Å²) < 4.78 is 0. The number of benzene rings is 1. The van der Waals surface area contributed by atoms with E-state index in [4.69, 9.17) is 0 Å². The summed E-state index contributed by atoms with van der Waals surface area (Å²) in [5.74, 6) is 0.809. The Bertz CT molecular complexity index is 943. The molecule has 1 saturated heterocycles. The molecule has 1 aromatic carbocycles. The first-order valence-electron chi connectivity index (χ1n) is 11.0. The summed E-state index contributed by atoms with van der Waals surface area (Å²) in [6, 6.07) is 8.68. The Morgan fingerprint density at radius 2 is 2.16 bits per heavy atom. The maximum absolute atomic E-state index is 12.9. The fourth-order valence-electron chi connectivity index (χ4n) is 4.13. The van der Waals surface area contributed by atoms with Gasteiger partial charge in [-0.15, -0.1) is 0 Å². The van der Waals surface area contributed by atoms with E-state index >= 15 is 0 Å². The molecule has 7 nitrogen and oxygen atoms in total. The summed E-state index contributed by atoms with van der Waals surface area (Å²) in [6.07, 6.45) is 9.32. The van der Waals surface area contributed by atoms with Crippen molar-refractivity contribution in [1.29, 1.82) is 0 Å². The quantitative estimate of drug-likeness (QED) is 0.632. The van der Waals surface area contributed by atoms with Crippen molar-refractivity contribution in [2.24, 2.45) is 5.10 Å². The average Bonchev–Trinajstić information content (AvgIpc) is 3.11. The van der Waals surface area contributed by atoms with Crippen LogP contribution in [0.15, 0.2) is 65.1 Å². The van der Waals surface area contributed by atoms with Crippen LogP contribution in [0.2, 0.25) is 0 Å². The molecule has 1 atom stereocenters. The van der Waals surface area contributed by atoms with Crippen molar-refractivity contribution in [3.05, 3.63) is 71.1 Å². The number of carbonyl (C=O) groups excluding carboxylic acids is 1. The van der Waals surface area contributed by atoms with Gasteiger partial charge in [0.25, 0.3) is 5.91 Å². The van der Waals surface area contributed by atoms with Gasteiger partial charge in [0.1, 0.15) is 17.7 Å². The van der Waals surface area contributed by atoms with Gasteiger partial charge in [-0.1, -0.05) is 30.3 Å². The van der Waals surface area contributed by atoms with E-state index in [-0.39, 0.29) is 12.1 Å². The van der Waals surface area contributed by atoms with Gasteiger partial charge in [0, 0.05) is 32.4 Å². The molecule has 0 spiro atoms. The van der Waals surface area contributed by atoms with Crippen molar-refractivity contribution in [2.75, 3.05) is 26.7 Å². The number of fused-ring (bicyclic) bond motifs is 1. The van der Waals surface area contributed by atoms with Gasteiger partial charge in [0.05, 0.1) is 0 Å². The van der Waals surface area contributed by atoms with Crippen LogP contribution in [0.3, 0.4) is 0 Å². The fraction of sp³-hybridized carbons (Fsp3) is 0.417. The molecule has 2 N–H and O–H groups in total. The van der Waals surface area contributed by atoms with E-state index in [9.17, 15) is 4.79 Å². The maximum atomic E-state index is 12.9. The fourth-order valence-corrected chi connectivity index (χ4v) is 4.13. The van der Waals surface area contributed by atoms with Crippen LogP contribution >= 0.6 is 0 Å². The molecule has 1 aromatic rings. The van der Waals surface area contributed by atoms with Gasteiger partial charge < -0.3 is 15.1 Å². The normalized spacial score (nSPS) is 20.4. The number of hydrazone groups is 1. The second-order valence-corrected chi connectivity index (χ2v) is 8.27. The molecule has 1 fully saturated rings. The van der Waals surface area contributed by atoms with Crippen LogP contribution in [0.1, 0.15) is 31.4 Å². The van der Waals surface area contributed by atoms with E-state index in [0.29, 0.717) is 18.8 Å². The molecule has 0 radical (unpaired) electrons. The Kier molecular flexibility index (Phi) is 6.42. The van der Waals surface area contributed by atoms with Crippen LogP contribution in [0, 0.1) is 0 Å². The Morgan fingerprint density at radius 3 is 2.90 bits per heavy atom. The number of hydrogen-bond acceptors (Lipinski definition) is 6. The molecule has 3 heterocycles. The minimum absolute atomic E-state index is 0.00442. The highest BCUT2D eigenvalue weighted by atomic mass is 16.2. The Balaban J connectivity index is 1.55. The van der Waals surface area contributed by atoms with Crippen molar-refractivity contribution >= 4 is 11.7 Å². The van der Waals surface area contributed by atoms with E-state index < -0.39 is 0 Å². The second kappa shape index (κ2) is 9.39. The summed E-state index contributed by atoms with van der Waals surface area (Å²) in [4.78, 5) is 19.5. The molecule has 0 bridgehead atoms. The zero-order valence-electron chi connectivity index (χ0n) is 18.6. The number of hydrogen-bond donors (Lipinski definition) is 2. The number of likely N-dealkylation sites (tertiary alicyclic amines) is 1. The molecule has 1 amide bonds. The van der Waals surface area contributed by atoms with E-state index in [0.717, 1.165) is 18.1 Å². The molecule has 31 heavy (non-hydrogen) atoms. The van der Waals surface area contributed by atoms with Crippen molar-refractivity contribution in [3.8, 4) is 0 Å². The number of allylic oxidation sites excluding steroid dienone is 3. The van der Waals surface area contributed by atoms with Gasteiger partial charge in [-0.2, -0.15) is 5.10 Å². The lowest BCUT2D eigenvalue weighted by atomic mass is 10.1. The van der Waals surface area contributed by atoms with Crippen LogP contribution in [0.5, 0.6) is 0 Å². The number of carbonyl (C=O) groups is 1. The molecule has 0 aliphatic carbocycles. The minimum atomic E-state index is -0.0736. The van der Waals surface area contributed by atoms with E-state index in [1.165, 1.54) is 30.6 Å². The highest BCUT2D eigenvalue weighted by molar-refractivity contribution is 5.93. The molecule has 164 valence electrons. The number of nitrogens with zero attached hydrogens (tertiary/aromatic N) is 4. The average molecular weight is 421 g/mol. The molecule has 0 saturated carbocycles. The van der Waals surface area contributed by atoms with E-state index in [1.807, 2.05) is 44.0 Å². The van der Waals surface area contributed by atoms with Crippen LogP contribution < -0.4 is 10.7 Å². The van der Waals surface area contributed by atoms with Gasteiger partial charge in [0.15, 0.2) is 0 Å². The molecule has 1 unspecified atom stereocenters. The number of rotatable bonds is 8. The molecular formula is C24H32N6O. The number of amides is 1. The number of likely N-dealkylation sites (N-methyl/N-ethyl adjacent to an activating group) is 2. The number of nitrogens with one attached hydrogen (secondary N) is 2. The van der Waals surface area contributed by atoms with Crippen LogP contribution in [-0.4, -0.2) is 59.3 Å². The monoisotopic (exact) mass is 420 g/mol. The lowest BCUT2D eigenvalue weighted by Gasteiger charge is -2.31. The first-order valence-corrected chi connectivity index (χ1v) is 11.0. The molecular weight excluding hydrogens is 388 g/mol. The third-order valence-electron chi connectivity index (χ3n) is 5.86. The van der Waals surface area contributed by atoms with Crippen LogP contribution in [0.25, 0.3) is 0 Å². The first kappa shape index (κ1) is 21.2. The van der Waals surface area contributed by atoms with Gasteiger partial charge >= 0.3 is 0 Å². The summed E-state index contributed by atoms with van der Waals surface area (Å²) >= 11 is 0. The summed E-state index contributed by atoms with van der Waals surface area (Å²) in [7, 11) is 1.98. The third-order valence-corrected chi connectivity index (χ3v) is 5.86. The molecule has 3 aliphatic heterocycles. The maximum Gasteiger partial charge on any atom is 0.267 e. The standard InChI is InChI=1S/C24H32N6O/c1-4-25-24(31)22(15-21-10-6-11-23-27-26-18(2)30(21)23)28(3)16-19-8-5-9-20(14-19)17-29-12-7-13-29/h5-6,8-11,14-15,23,27H,4,7,12-13,16-17H2,1-3H3,(H,25,31)/b22-15-. The van der Waals surface area contributed by atoms with E-state index in [1.54, 1.807) is 0 Å². The molecule has 3 aliphatic rings. The highest BCUT2D eigenvalue weighted by Crippen LogP contribution is 2.23. The lowest BCUT2D eigenvalue weighted by molar-refractivity contribution is -0.118. The first-order chi connectivity index (χ1) is 15.0. The number of amidine groups is 1. The van der Waals surface area contributed by atoms with E-state index in [2.05, 4.69) is 56.0 Å². The van der Waals surface area contributed by atoms with Gasteiger partial charge in [-0.05, 0) is 62.7 Å². The van der Waals surface area contributed by atoms with Gasteiger partial charge in [-0.3, -0.25) is 15.1 Å². The van der Waals surface area contributed by atoms with Crippen LogP contribution in [0.4, 0.5) is 0 Å². The molecule has 0 aromatic heterocycles. The predicted molar refractivity (Wildman–Crippen MR) is 124 cm³/mol. The van der Waals surface area contributed by atoms with Crippen molar-refractivity contribution in [1.82, 2.24) is 25.4 Å². The van der Waals surface area contributed by atoms with Crippen LogP contribution in [-0.2, 0) is 17.9 Å².